The Morgan fingerprint density at radius 3 is 3.04 bits per heavy atom. The molecule has 1 unspecified atom stereocenters. The van der Waals surface area contributed by atoms with Crippen molar-refractivity contribution in [3.8, 4) is 5.75 Å². The summed E-state index contributed by atoms with van der Waals surface area (Å²) >= 11 is 4.75. The third-order valence-corrected chi connectivity index (χ3v) is 6.87. The minimum atomic E-state index is -0.139. The highest BCUT2D eigenvalue weighted by Gasteiger charge is 2.22. The van der Waals surface area contributed by atoms with Crippen molar-refractivity contribution in [3.05, 3.63) is 18.2 Å². The molecule has 24 heavy (non-hydrogen) atoms. The summed E-state index contributed by atoms with van der Waals surface area (Å²) in [5.74, 6) is 1.83. The van der Waals surface area contributed by atoms with E-state index in [1.807, 2.05) is 32.0 Å². The number of hydrogen-bond donors (Lipinski definition) is 1. The van der Waals surface area contributed by atoms with Gasteiger partial charge in [-0.2, -0.15) is 0 Å². The fraction of sp³-hybridized carbons (Fsp3) is 0.438. The molecule has 8 heteroatoms. The van der Waals surface area contributed by atoms with Crippen LogP contribution in [0.3, 0.4) is 0 Å². The summed E-state index contributed by atoms with van der Waals surface area (Å²) in [6.45, 7) is 5.46. The molecule has 0 saturated heterocycles. The van der Waals surface area contributed by atoms with Crippen LogP contribution >= 0.6 is 34.9 Å². The standard InChI is InChI=1S/C16H19N3O2S3/c1-3-12(24-16-17-7-8-22-16)14(20)19-15-18-11-6-5-10(21-4-2)9-13(11)23-15/h5-6,9,12H,3-4,7-8H2,1-2H3,(H,18,19,20). The average Bonchev–Trinajstić information content (AvgIpc) is 3.21. The quantitative estimate of drug-likeness (QED) is 0.810. The zero-order valence-electron chi connectivity index (χ0n) is 13.6. The average molecular weight is 382 g/mol. The number of amides is 1. The molecule has 2 aromatic rings. The van der Waals surface area contributed by atoms with Crippen molar-refractivity contribution >= 4 is 60.5 Å². The van der Waals surface area contributed by atoms with Gasteiger partial charge < -0.3 is 10.1 Å². The number of thioether (sulfide) groups is 2. The Bertz CT molecular complexity index is 760. The number of nitrogens with one attached hydrogen (secondary N) is 1. The fourth-order valence-corrected chi connectivity index (χ4v) is 5.28. The molecule has 0 aliphatic carbocycles. The van der Waals surface area contributed by atoms with Crippen LogP contribution in [0.25, 0.3) is 10.2 Å². The van der Waals surface area contributed by atoms with E-state index in [0.717, 1.165) is 39.1 Å². The lowest BCUT2D eigenvalue weighted by atomic mass is 10.3. The molecule has 0 radical (unpaired) electrons. The lowest BCUT2D eigenvalue weighted by Gasteiger charge is -2.12. The van der Waals surface area contributed by atoms with E-state index in [1.54, 1.807) is 23.5 Å². The predicted molar refractivity (Wildman–Crippen MR) is 106 cm³/mol. The number of nitrogens with zero attached hydrogens (tertiary/aromatic N) is 2. The van der Waals surface area contributed by atoms with Crippen LogP contribution in [-0.2, 0) is 4.79 Å². The molecule has 1 aromatic carbocycles. The first-order valence-corrected chi connectivity index (χ1v) is 10.6. The molecule has 1 amide bonds. The number of anilines is 1. The Kier molecular flexibility index (Phi) is 6.02. The first-order chi connectivity index (χ1) is 11.7. The smallest absolute Gasteiger partial charge is 0.239 e. The minimum Gasteiger partial charge on any atom is -0.494 e. The second-order valence-electron chi connectivity index (χ2n) is 5.08. The predicted octanol–water partition coefficient (Wildman–Crippen LogP) is 4.25. The van der Waals surface area contributed by atoms with Gasteiger partial charge in [0.15, 0.2) is 5.13 Å². The molecule has 1 atom stereocenters. The van der Waals surface area contributed by atoms with Gasteiger partial charge in [0.1, 0.15) is 10.1 Å². The van der Waals surface area contributed by atoms with E-state index in [2.05, 4.69) is 15.3 Å². The lowest BCUT2D eigenvalue weighted by molar-refractivity contribution is -0.115. The molecule has 0 saturated carbocycles. The summed E-state index contributed by atoms with van der Waals surface area (Å²) in [7, 11) is 0. The van der Waals surface area contributed by atoms with E-state index < -0.39 is 0 Å². The normalized spacial score (nSPS) is 15.3. The van der Waals surface area contributed by atoms with Gasteiger partial charge in [-0.25, -0.2) is 4.98 Å². The Balaban J connectivity index is 1.69. The number of rotatable bonds is 6. The van der Waals surface area contributed by atoms with Crippen LogP contribution in [-0.4, -0.2) is 39.4 Å². The van der Waals surface area contributed by atoms with Gasteiger partial charge in [0, 0.05) is 5.75 Å². The molecular weight excluding hydrogens is 362 g/mol. The van der Waals surface area contributed by atoms with E-state index in [9.17, 15) is 4.79 Å². The number of carbonyl (C=O) groups is 1. The van der Waals surface area contributed by atoms with Crippen LogP contribution in [0.2, 0.25) is 0 Å². The van der Waals surface area contributed by atoms with Gasteiger partial charge in [0.25, 0.3) is 0 Å². The topological polar surface area (TPSA) is 63.6 Å². The molecule has 1 N–H and O–H groups in total. The molecule has 2 heterocycles. The number of benzene rings is 1. The van der Waals surface area contributed by atoms with E-state index in [4.69, 9.17) is 4.74 Å². The number of carbonyl (C=O) groups excluding carboxylic acids is 1. The zero-order chi connectivity index (χ0) is 16.9. The van der Waals surface area contributed by atoms with Crippen LogP contribution in [0.5, 0.6) is 5.75 Å². The second-order valence-corrected chi connectivity index (χ2v) is 8.65. The molecule has 128 valence electrons. The van der Waals surface area contributed by atoms with Crippen molar-refractivity contribution in [1.82, 2.24) is 4.98 Å². The van der Waals surface area contributed by atoms with Crippen LogP contribution < -0.4 is 10.1 Å². The van der Waals surface area contributed by atoms with Gasteiger partial charge >= 0.3 is 0 Å². The van der Waals surface area contributed by atoms with Crippen LogP contribution in [0.15, 0.2) is 23.2 Å². The third-order valence-electron chi connectivity index (χ3n) is 3.37. The summed E-state index contributed by atoms with van der Waals surface area (Å²) in [4.78, 5) is 21.4. The van der Waals surface area contributed by atoms with Gasteiger partial charge in [-0.1, -0.05) is 41.8 Å². The third kappa shape index (κ3) is 4.23. The highest BCUT2D eigenvalue weighted by Crippen LogP contribution is 2.31. The summed E-state index contributed by atoms with van der Waals surface area (Å²) in [6, 6.07) is 5.78. The largest absolute Gasteiger partial charge is 0.494 e. The Morgan fingerprint density at radius 1 is 1.46 bits per heavy atom. The van der Waals surface area contributed by atoms with Crippen molar-refractivity contribution in [1.29, 1.82) is 0 Å². The van der Waals surface area contributed by atoms with Crippen molar-refractivity contribution in [2.75, 3.05) is 24.2 Å². The summed E-state index contributed by atoms with van der Waals surface area (Å²) in [5, 5.41) is 3.44. The zero-order valence-corrected chi connectivity index (χ0v) is 16.0. The van der Waals surface area contributed by atoms with E-state index in [0.29, 0.717) is 11.7 Å². The monoisotopic (exact) mass is 381 g/mol. The molecule has 1 aliphatic rings. The van der Waals surface area contributed by atoms with Crippen molar-refractivity contribution < 1.29 is 9.53 Å². The van der Waals surface area contributed by atoms with Crippen LogP contribution in [0.1, 0.15) is 20.3 Å². The van der Waals surface area contributed by atoms with E-state index >= 15 is 0 Å². The fourth-order valence-electron chi connectivity index (χ4n) is 2.23. The first-order valence-electron chi connectivity index (χ1n) is 7.87. The number of hydrogen-bond acceptors (Lipinski definition) is 7. The van der Waals surface area contributed by atoms with E-state index in [1.165, 1.54) is 11.3 Å². The van der Waals surface area contributed by atoms with Gasteiger partial charge in [0.2, 0.25) is 5.91 Å². The Morgan fingerprint density at radius 2 is 2.33 bits per heavy atom. The first kappa shape index (κ1) is 17.6. The maximum atomic E-state index is 12.5. The van der Waals surface area contributed by atoms with Crippen molar-refractivity contribution in [3.63, 3.8) is 0 Å². The lowest BCUT2D eigenvalue weighted by Crippen LogP contribution is -2.25. The molecule has 1 aromatic heterocycles. The number of aromatic nitrogens is 1. The number of thiazole rings is 1. The Hall–Kier alpha value is -1.25. The molecular formula is C16H19N3O2S3. The van der Waals surface area contributed by atoms with Gasteiger partial charge in [0.05, 0.1) is 28.6 Å². The highest BCUT2D eigenvalue weighted by molar-refractivity contribution is 8.39. The number of aliphatic imine (C=N–C) groups is 1. The summed E-state index contributed by atoms with van der Waals surface area (Å²) < 4.78 is 7.53. The highest BCUT2D eigenvalue weighted by atomic mass is 32.2. The Labute approximate surface area is 153 Å². The molecule has 0 spiro atoms. The number of fused-ring (bicyclic) bond motifs is 1. The SMILES string of the molecule is CCOc1ccc2nc(NC(=O)C(CC)SC3=NCCS3)sc2c1. The second kappa shape index (κ2) is 8.22. The van der Waals surface area contributed by atoms with Gasteiger partial charge in [-0.05, 0) is 31.5 Å². The van der Waals surface area contributed by atoms with E-state index in [-0.39, 0.29) is 11.2 Å². The van der Waals surface area contributed by atoms with Crippen LogP contribution in [0.4, 0.5) is 5.13 Å². The molecule has 0 fully saturated rings. The molecule has 1 aliphatic heterocycles. The van der Waals surface area contributed by atoms with Crippen LogP contribution in [0, 0.1) is 0 Å². The number of ether oxygens (including phenoxy) is 1. The maximum absolute atomic E-state index is 12.5. The summed E-state index contributed by atoms with van der Waals surface area (Å²) in [6.07, 6.45) is 0.759. The minimum absolute atomic E-state index is 0.0122. The molecule has 0 bridgehead atoms. The molecule has 3 rings (SSSR count). The van der Waals surface area contributed by atoms with Crippen molar-refractivity contribution in [2.24, 2.45) is 4.99 Å². The molecule has 5 nitrogen and oxygen atoms in total. The van der Waals surface area contributed by atoms with Gasteiger partial charge in [-0.15, -0.1) is 0 Å². The summed E-state index contributed by atoms with van der Waals surface area (Å²) in [5.41, 5.74) is 0.871. The van der Waals surface area contributed by atoms with Crippen molar-refractivity contribution in [2.45, 2.75) is 25.5 Å². The van der Waals surface area contributed by atoms with Gasteiger partial charge in [-0.3, -0.25) is 9.79 Å². The maximum Gasteiger partial charge on any atom is 0.239 e.